The van der Waals surface area contributed by atoms with Gasteiger partial charge in [0.1, 0.15) is 5.78 Å². The van der Waals surface area contributed by atoms with Crippen molar-refractivity contribution in [3.8, 4) is 0 Å². The van der Waals surface area contributed by atoms with Crippen molar-refractivity contribution in [3.05, 3.63) is 71.8 Å². The number of hydrogen-bond acceptors (Lipinski definition) is 1. The van der Waals surface area contributed by atoms with Crippen molar-refractivity contribution < 1.29 is 18.0 Å². The second-order valence-corrected chi connectivity index (χ2v) is 4.84. The van der Waals surface area contributed by atoms with Crippen LogP contribution in [-0.2, 0) is 4.79 Å². The van der Waals surface area contributed by atoms with Crippen molar-refractivity contribution in [2.45, 2.75) is 24.9 Å². The van der Waals surface area contributed by atoms with Gasteiger partial charge in [-0.1, -0.05) is 60.7 Å². The molecule has 0 radical (unpaired) electrons. The molecule has 0 N–H and O–H groups in total. The van der Waals surface area contributed by atoms with Crippen LogP contribution < -0.4 is 0 Å². The summed E-state index contributed by atoms with van der Waals surface area (Å²) in [5.41, 5.74) is 1.44. The van der Waals surface area contributed by atoms with Gasteiger partial charge in [0.15, 0.2) is 0 Å². The Morgan fingerprint density at radius 1 is 0.857 bits per heavy atom. The zero-order valence-corrected chi connectivity index (χ0v) is 11.3. The molecule has 1 nitrogen and oxygen atoms in total. The molecule has 0 saturated carbocycles. The standard InChI is InChI=1S/C17H15F3O/c18-17(19,20)12-11-15(21)16(13-7-3-1-4-8-13)14-9-5-2-6-10-14/h1-10,16H,11-12H2. The summed E-state index contributed by atoms with van der Waals surface area (Å²) in [5.74, 6) is -1.06. The van der Waals surface area contributed by atoms with Crippen LogP contribution in [0.3, 0.4) is 0 Å². The zero-order chi connectivity index (χ0) is 15.3. The highest BCUT2D eigenvalue weighted by molar-refractivity contribution is 5.89. The number of ketones is 1. The summed E-state index contributed by atoms with van der Waals surface area (Å²) in [5, 5.41) is 0. The number of Topliss-reactive ketones (excluding diaryl/α,β-unsaturated/α-hetero) is 1. The highest BCUT2D eigenvalue weighted by Gasteiger charge is 2.30. The lowest BCUT2D eigenvalue weighted by Crippen LogP contribution is -2.17. The molecule has 0 unspecified atom stereocenters. The fourth-order valence-corrected chi connectivity index (χ4v) is 2.26. The van der Waals surface area contributed by atoms with Gasteiger partial charge in [-0.15, -0.1) is 0 Å². The Kier molecular flexibility index (Phi) is 4.78. The van der Waals surface area contributed by atoms with E-state index in [0.29, 0.717) is 0 Å². The Bertz CT molecular complexity index is 536. The van der Waals surface area contributed by atoms with Gasteiger partial charge in [-0.25, -0.2) is 0 Å². The van der Waals surface area contributed by atoms with Gasteiger partial charge in [-0.2, -0.15) is 13.2 Å². The molecular formula is C17H15F3O. The highest BCUT2D eigenvalue weighted by atomic mass is 19.4. The Labute approximate surface area is 121 Å². The number of halogens is 3. The minimum Gasteiger partial charge on any atom is -0.299 e. The molecule has 2 aromatic carbocycles. The summed E-state index contributed by atoms with van der Waals surface area (Å²) in [7, 11) is 0. The van der Waals surface area contributed by atoms with E-state index in [4.69, 9.17) is 0 Å². The van der Waals surface area contributed by atoms with Crippen LogP contribution in [0.4, 0.5) is 13.2 Å². The van der Waals surface area contributed by atoms with Crippen LogP contribution in [0.5, 0.6) is 0 Å². The molecule has 4 heteroatoms. The third-order valence-electron chi connectivity index (χ3n) is 3.24. The quantitative estimate of drug-likeness (QED) is 0.778. The third-order valence-corrected chi connectivity index (χ3v) is 3.24. The normalized spacial score (nSPS) is 11.6. The smallest absolute Gasteiger partial charge is 0.299 e. The predicted octanol–water partition coefficient (Wildman–Crippen LogP) is 4.73. The first-order valence-corrected chi connectivity index (χ1v) is 6.67. The molecule has 0 aliphatic rings. The monoisotopic (exact) mass is 292 g/mol. The van der Waals surface area contributed by atoms with E-state index in [9.17, 15) is 18.0 Å². The van der Waals surface area contributed by atoms with Crippen molar-refractivity contribution >= 4 is 5.78 Å². The molecule has 0 aliphatic heterocycles. The van der Waals surface area contributed by atoms with Gasteiger partial charge in [0.2, 0.25) is 0 Å². The fourth-order valence-electron chi connectivity index (χ4n) is 2.26. The lowest BCUT2D eigenvalue weighted by atomic mass is 9.86. The van der Waals surface area contributed by atoms with Crippen LogP contribution in [0.25, 0.3) is 0 Å². The number of benzene rings is 2. The Morgan fingerprint density at radius 2 is 1.29 bits per heavy atom. The maximum atomic E-state index is 12.3. The average molecular weight is 292 g/mol. The summed E-state index contributed by atoms with van der Waals surface area (Å²) < 4.78 is 37.0. The number of carbonyl (C=O) groups excluding carboxylic acids is 1. The van der Waals surface area contributed by atoms with Crippen LogP contribution in [0.1, 0.15) is 29.9 Å². The van der Waals surface area contributed by atoms with Gasteiger partial charge in [-0.05, 0) is 11.1 Å². The zero-order valence-electron chi connectivity index (χ0n) is 11.3. The van der Waals surface area contributed by atoms with E-state index in [-0.39, 0.29) is 0 Å². The van der Waals surface area contributed by atoms with Gasteiger partial charge in [0, 0.05) is 6.42 Å². The van der Waals surface area contributed by atoms with Crippen LogP contribution >= 0.6 is 0 Å². The summed E-state index contributed by atoms with van der Waals surface area (Å²) in [4.78, 5) is 12.3. The maximum absolute atomic E-state index is 12.3. The first-order valence-electron chi connectivity index (χ1n) is 6.67. The van der Waals surface area contributed by atoms with Gasteiger partial charge in [0.05, 0.1) is 12.3 Å². The van der Waals surface area contributed by atoms with Gasteiger partial charge in [0.25, 0.3) is 0 Å². The third kappa shape index (κ3) is 4.45. The summed E-state index contributed by atoms with van der Waals surface area (Å²) in [6.45, 7) is 0. The van der Waals surface area contributed by atoms with E-state index in [1.807, 2.05) is 12.1 Å². The van der Waals surface area contributed by atoms with Crippen LogP contribution in [0.2, 0.25) is 0 Å². The van der Waals surface area contributed by atoms with Crippen LogP contribution in [-0.4, -0.2) is 12.0 Å². The molecule has 0 spiro atoms. The molecule has 0 saturated heterocycles. The molecule has 2 rings (SSSR count). The van der Waals surface area contributed by atoms with Crippen molar-refractivity contribution in [2.24, 2.45) is 0 Å². The van der Waals surface area contributed by atoms with Crippen molar-refractivity contribution in [1.29, 1.82) is 0 Å². The molecule has 0 fully saturated rings. The topological polar surface area (TPSA) is 17.1 Å². The first-order chi connectivity index (χ1) is 9.97. The molecule has 2 aromatic rings. The Hall–Kier alpha value is -2.10. The van der Waals surface area contributed by atoms with E-state index in [1.54, 1.807) is 48.5 Å². The summed E-state index contributed by atoms with van der Waals surface area (Å²) in [6.07, 6.45) is -5.90. The Morgan fingerprint density at radius 3 is 1.67 bits per heavy atom. The number of hydrogen-bond donors (Lipinski definition) is 0. The van der Waals surface area contributed by atoms with Gasteiger partial charge >= 0.3 is 6.18 Å². The summed E-state index contributed by atoms with van der Waals surface area (Å²) >= 11 is 0. The lowest BCUT2D eigenvalue weighted by Gasteiger charge is -2.17. The van der Waals surface area contributed by atoms with Gasteiger partial charge < -0.3 is 0 Å². The largest absolute Gasteiger partial charge is 0.389 e. The van der Waals surface area contributed by atoms with Crippen molar-refractivity contribution in [3.63, 3.8) is 0 Å². The highest BCUT2D eigenvalue weighted by Crippen LogP contribution is 2.29. The van der Waals surface area contributed by atoms with Crippen molar-refractivity contribution in [1.82, 2.24) is 0 Å². The second-order valence-electron chi connectivity index (χ2n) is 4.84. The summed E-state index contributed by atoms with van der Waals surface area (Å²) in [6, 6.07) is 17.8. The SMILES string of the molecule is O=C(CCC(F)(F)F)C(c1ccccc1)c1ccccc1. The van der Waals surface area contributed by atoms with Gasteiger partial charge in [-0.3, -0.25) is 4.79 Å². The number of rotatable bonds is 5. The number of alkyl halides is 3. The molecule has 0 bridgehead atoms. The molecule has 0 heterocycles. The second kappa shape index (κ2) is 6.57. The minimum absolute atomic E-state index is 0.412. The molecule has 0 aliphatic carbocycles. The maximum Gasteiger partial charge on any atom is 0.389 e. The molecule has 0 aromatic heterocycles. The van der Waals surface area contributed by atoms with E-state index >= 15 is 0 Å². The Balaban J connectivity index is 2.27. The molecule has 0 amide bonds. The minimum atomic E-state index is -4.31. The average Bonchev–Trinajstić information content (AvgIpc) is 2.47. The number of carbonyl (C=O) groups is 1. The molecular weight excluding hydrogens is 277 g/mol. The van der Waals surface area contributed by atoms with Crippen LogP contribution in [0, 0.1) is 0 Å². The first kappa shape index (κ1) is 15.3. The van der Waals surface area contributed by atoms with Crippen LogP contribution in [0.15, 0.2) is 60.7 Å². The lowest BCUT2D eigenvalue weighted by molar-refractivity contribution is -0.143. The molecule has 0 atom stereocenters. The van der Waals surface area contributed by atoms with E-state index in [0.717, 1.165) is 11.1 Å². The van der Waals surface area contributed by atoms with E-state index < -0.39 is 30.7 Å². The van der Waals surface area contributed by atoms with E-state index in [1.165, 1.54) is 0 Å². The molecule has 21 heavy (non-hydrogen) atoms. The van der Waals surface area contributed by atoms with E-state index in [2.05, 4.69) is 0 Å². The molecule has 110 valence electrons. The van der Waals surface area contributed by atoms with Crippen molar-refractivity contribution in [2.75, 3.05) is 0 Å². The predicted molar refractivity (Wildman–Crippen MR) is 75.0 cm³/mol. The fraction of sp³-hybridized carbons (Fsp3) is 0.235.